The zero-order valence-corrected chi connectivity index (χ0v) is 12.9. The van der Waals surface area contributed by atoms with Crippen LogP contribution in [0.15, 0.2) is 59.8 Å². The molecule has 0 radical (unpaired) electrons. The summed E-state index contributed by atoms with van der Waals surface area (Å²) in [4.78, 5) is 14.6. The van der Waals surface area contributed by atoms with Crippen LogP contribution >= 0.6 is 0 Å². The van der Waals surface area contributed by atoms with Crippen molar-refractivity contribution in [3.05, 3.63) is 72.1 Å². The summed E-state index contributed by atoms with van der Waals surface area (Å²) in [6.07, 6.45) is 3.06. The van der Waals surface area contributed by atoms with E-state index in [-0.39, 0.29) is 11.3 Å². The fraction of sp³-hybridized carbons (Fsp3) is 0. The Morgan fingerprint density at radius 2 is 1.83 bits per heavy atom. The van der Waals surface area contributed by atoms with Crippen LogP contribution in [-0.4, -0.2) is 23.7 Å². The number of pyridine rings is 1. The maximum Gasteiger partial charge on any atom is 0.268 e. The predicted molar refractivity (Wildman–Crippen MR) is 82.0 cm³/mol. The number of aldehydes is 1. The topological polar surface area (TPSA) is 69.0 Å². The van der Waals surface area contributed by atoms with Gasteiger partial charge in [-0.05, 0) is 36.4 Å². The number of rotatable bonds is 4. The Labute approximate surface area is 136 Å². The Bertz CT molecular complexity index is 1020. The highest BCUT2D eigenvalue weighted by Gasteiger charge is 2.23. The number of nitrogens with zero attached hydrogens (tertiary/aromatic N) is 2. The Morgan fingerprint density at radius 3 is 2.46 bits per heavy atom. The van der Waals surface area contributed by atoms with Gasteiger partial charge in [0, 0.05) is 18.0 Å². The van der Waals surface area contributed by atoms with Crippen molar-refractivity contribution in [2.75, 3.05) is 0 Å². The van der Waals surface area contributed by atoms with Gasteiger partial charge in [0.15, 0.2) is 17.9 Å². The molecule has 1 aromatic carbocycles. The largest absolute Gasteiger partial charge is 0.298 e. The van der Waals surface area contributed by atoms with Crippen LogP contribution in [0.4, 0.5) is 8.78 Å². The van der Waals surface area contributed by atoms with Gasteiger partial charge in [-0.3, -0.25) is 9.78 Å². The minimum absolute atomic E-state index is 0.113. The van der Waals surface area contributed by atoms with Crippen LogP contribution in [0.25, 0.3) is 11.4 Å². The van der Waals surface area contributed by atoms with Gasteiger partial charge in [-0.2, -0.15) is 0 Å². The van der Waals surface area contributed by atoms with E-state index in [1.807, 2.05) is 0 Å². The van der Waals surface area contributed by atoms with Crippen LogP contribution in [0.3, 0.4) is 0 Å². The van der Waals surface area contributed by atoms with Crippen molar-refractivity contribution in [3.8, 4) is 11.4 Å². The molecule has 2 heterocycles. The summed E-state index contributed by atoms with van der Waals surface area (Å²) in [5, 5.41) is 0. The van der Waals surface area contributed by atoms with Gasteiger partial charge in [-0.25, -0.2) is 21.2 Å². The van der Waals surface area contributed by atoms with Gasteiger partial charge in [-0.15, -0.1) is 0 Å². The fourth-order valence-electron chi connectivity index (χ4n) is 2.18. The molecule has 0 N–H and O–H groups in total. The lowest BCUT2D eigenvalue weighted by atomic mass is 10.2. The first-order valence-electron chi connectivity index (χ1n) is 6.73. The fourth-order valence-corrected chi connectivity index (χ4v) is 3.56. The second-order valence-corrected chi connectivity index (χ2v) is 6.68. The number of halogens is 2. The average Bonchev–Trinajstić information content (AvgIpc) is 3.03. The molecule has 3 rings (SSSR count). The lowest BCUT2D eigenvalue weighted by Gasteiger charge is -2.10. The van der Waals surface area contributed by atoms with Gasteiger partial charge in [0.25, 0.3) is 10.0 Å². The minimum Gasteiger partial charge on any atom is -0.298 e. The lowest BCUT2D eigenvalue weighted by molar-refractivity contribution is 0.112. The Hall–Kier alpha value is -2.87. The highest BCUT2D eigenvalue weighted by molar-refractivity contribution is 7.90. The van der Waals surface area contributed by atoms with Gasteiger partial charge in [0.2, 0.25) is 0 Å². The first kappa shape index (κ1) is 16.0. The molecule has 2 aromatic heterocycles. The molecule has 122 valence electrons. The molecular formula is C16H10F2N2O3S. The number of aromatic nitrogens is 2. The molecule has 0 aliphatic heterocycles. The molecule has 8 heteroatoms. The van der Waals surface area contributed by atoms with Crippen molar-refractivity contribution in [2.24, 2.45) is 0 Å². The van der Waals surface area contributed by atoms with Crippen LogP contribution in [0, 0.1) is 11.6 Å². The van der Waals surface area contributed by atoms with E-state index in [9.17, 15) is 22.0 Å². The summed E-state index contributed by atoms with van der Waals surface area (Å²) < 4.78 is 52.8. The molecule has 0 saturated heterocycles. The van der Waals surface area contributed by atoms with Crippen molar-refractivity contribution in [1.29, 1.82) is 0 Å². The van der Waals surface area contributed by atoms with Gasteiger partial charge in [0.1, 0.15) is 0 Å². The average molecular weight is 348 g/mol. The SMILES string of the molecule is O=Cc1cc(-c2ccccn2)n(S(=O)(=O)c2ccc(F)c(F)c2)c1. The van der Waals surface area contributed by atoms with Crippen LogP contribution in [0.5, 0.6) is 0 Å². The van der Waals surface area contributed by atoms with Crippen LogP contribution in [0.1, 0.15) is 10.4 Å². The molecule has 0 bridgehead atoms. The molecule has 0 saturated carbocycles. The molecule has 0 aliphatic rings. The number of benzene rings is 1. The normalized spacial score (nSPS) is 11.4. The van der Waals surface area contributed by atoms with Gasteiger partial charge in [-0.1, -0.05) is 6.07 Å². The van der Waals surface area contributed by atoms with Crippen molar-refractivity contribution < 1.29 is 22.0 Å². The maximum atomic E-state index is 13.4. The summed E-state index contributed by atoms with van der Waals surface area (Å²) in [5.74, 6) is -2.43. The van der Waals surface area contributed by atoms with E-state index in [0.717, 1.165) is 22.3 Å². The molecule has 0 fully saturated rings. The number of carbonyl (C=O) groups is 1. The minimum atomic E-state index is -4.24. The van der Waals surface area contributed by atoms with E-state index in [4.69, 9.17) is 0 Å². The predicted octanol–water partition coefficient (Wildman–Crippen LogP) is 2.88. The first-order chi connectivity index (χ1) is 11.4. The van der Waals surface area contributed by atoms with Crippen LogP contribution < -0.4 is 0 Å². The lowest BCUT2D eigenvalue weighted by Crippen LogP contribution is -2.14. The summed E-state index contributed by atoms with van der Waals surface area (Å²) >= 11 is 0. The van der Waals surface area contributed by atoms with Gasteiger partial charge < -0.3 is 0 Å². The van der Waals surface area contributed by atoms with E-state index in [2.05, 4.69) is 4.98 Å². The third-order valence-corrected chi connectivity index (χ3v) is 4.99. The monoisotopic (exact) mass is 348 g/mol. The second kappa shape index (κ2) is 5.97. The van der Waals surface area contributed by atoms with Crippen LogP contribution in [0.2, 0.25) is 0 Å². The summed E-state index contributed by atoms with van der Waals surface area (Å²) in [6, 6.07) is 8.51. The van der Waals surface area contributed by atoms with E-state index in [1.54, 1.807) is 18.2 Å². The quantitative estimate of drug-likeness (QED) is 0.680. The van der Waals surface area contributed by atoms with Crippen molar-refractivity contribution in [3.63, 3.8) is 0 Å². The molecule has 0 aliphatic carbocycles. The van der Waals surface area contributed by atoms with Gasteiger partial charge in [0.05, 0.1) is 16.3 Å². The van der Waals surface area contributed by atoms with E-state index >= 15 is 0 Å². The van der Waals surface area contributed by atoms with Crippen molar-refractivity contribution >= 4 is 16.3 Å². The zero-order chi connectivity index (χ0) is 17.3. The summed E-state index contributed by atoms with van der Waals surface area (Å²) in [6.45, 7) is 0. The Kier molecular flexibility index (Phi) is 3.98. The third-order valence-electron chi connectivity index (χ3n) is 3.32. The molecule has 5 nitrogen and oxygen atoms in total. The molecule has 24 heavy (non-hydrogen) atoms. The van der Waals surface area contributed by atoms with Crippen molar-refractivity contribution in [1.82, 2.24) is 8.96 Å². The molecule has 0 unspecified atom stereocenters. The highest BCUT2D eigenvalue weighted by Crippen LogP contribution is 2.26. The Morgan fingerprint density at radius 1 is 1.04 bits per heavy atom. The Balaban J connectivity index is 2.23. The standard InChI is InChI=1S/C16H10F2N2O3S/c17-13-5-4-12(8-14(13)18)24(22,23)20-9-11(10-21)7-16(20)15-3-1-2-6-19-15/h1-10H. The molecule has 3 aromatic rings. The maximum absolute atomic E-state index is 13.4. The van der Waals surface area contributed by atoms with Gasteiger partial charge >= 0.3 is 0 Å². The highest BCUT2D eigenvalue weighted by atomic mass is 32.2. The smallest absolute Gasteiger partial charge is 0.268 e. The number of carbonyl (C=O) groups excluding carboxylic acids is 1. The van der Waals surface area contributed by atoms with E-state index in [0.29, 0.717) is 18.0 Å². The zero-order valence-electron chi connectivity index (χ0n) is 12.1. The molecular weight excluding hydrogens is 338 g/mol. The molecule has 0 amide bonds. The molecule has 0 spiro atoms. The number of hydrogen-bond acceptors (Lipinski definition) is 4. The second-order valence-electron chi connectivity index (χ2n) is 4.87. The van der Waals surface area contributed by atoms with Crippen LogP contribution in [-0.2, 0) is 10.0 Å². The van der Waals surface area contributed by atoms with Crippen molar-refractivity contribution in [2.45, 2.75) is 4.90 Å². The van der Waals surface area contributed by atoms with E-state index in [1.165, 1.54) is 12.3 Å². The van der Waals surface area contributed by atoms with E-state index < -0.39 is 26.6 Å². The first-order valence-corrected chi connectivity index (χ1v) is 8.17. The third kappa shape index (κ3) is 2.71. The number of hydrogen-bond donors (Lipinski definition) is 0. The summed E-state index contributed by atoms with van der Waals surface area (Å²) in [5.41, 5.74) is 0.570. The molecule has 0 atom stereocenters. The summed E-state index contributed by atoms with van der Waals surface area (Å²) in [7, 11) is -4.24.